The largest absolute Gasteiger partial charge is 0.493 e. The van der Waals surface area contributed by atoms with E-state index in [0.717, 1.165) is 31.5 Å². The van der Waals surface area contributed by atoms with Crippen molar-refractivity contribution in [3.05, 3.63) is 59.8 Å². The predicted molar refractivity (Wildman–Crippen MR) is 115 cm³/mol. The number of ether oxygens (including phenoxy) is 2. The molecule has 6 nitrogen and oxygen atoms in total. The van der Waals surface area contributed by atoms with Crippen molar-refractivity contribution in [2.24, 2.45) is 5.92 Å². The first-order chi connectivity index (χ1) is 14.5. The van der Waals surface area contributed by atoms with Gasteiger partial charge in [-0.15, -0.1) is 0 Å². The van der Waals surface area contributed by atoms with Crippen LogP contribution in [0.3, 0.4) is 0 Å². The van der Waals surface area contributed by atoms with Crippen molar-refractivity contribution in [1.82, 2.24) is 4.90 Å². The zero-order valence-corrected chi connectivity index (χ0v) is 17.6. The number of piperidine rings is 1. The van der Waals surface area contributed by atoms with Crippen LogP contribution in [0.4, 0.5) is 5.69 Å². The first-order valence-corrected chi connectivity index (χ1v) is 10.2. The Morgan fingerprint density at radius 3 is 2.33 bits per heavy atom. The van der Waals surface area contributed by atoms with Gasteiger partial charge in [-0.25, -0.2) is 4.90 Å². The van der Waals surface area contributed by atoms with Gasteiger partial charge in [-0.2, -0.15) is 0 Å². The molecular weight excluding hydrogens is 380 g/mol. The molecule has 2 aliphatic heterocycles. The number of carbonyl (C=O) groups excluding carboxylic acids is 2. The molecule has 2 heterocycles. The van der Waals surface area contributed by atoms with E-state index >= 15 is 0 Å². The maximum Gasteiger partial charge on any atom is 0.282 e. The fraction of sp³-hybridized carbons (Fsp3) is 0.333. The Labute approximate surface area is 176 Å². The first-order valence-electron chi connectivity index (χ1n) is 10.2. The quantitative estimate of drug-likeness (QED) is 0.709. The normalized spacial score (nSPS) is 19.5. The van der Waals surface area contributed by atoms with E-state index in [4.69, 9.17) is 9.47 Å². The van der Waals surface area contributed by atoms with Gasteiger partial charge in [0.05, 0.1) is 25.5 Å². The number of hydrogen-bond donors (Lipinski definition) is 0. The number of methoxy groups -OCH3 is 2. The minimum atomic E-state index is -0.313. The van der Waals surface area contributed by atoms with Gasteiger partial charge >= 0.3 is 0 Å². The van der Waals surface area contributed by atoms with Crippen LogP contribution in [0.15, 0.2) is 54.2 Å². The van der Waals surface area contributed by atoms with E-state index in [1.807, 2.05) is 30.3 Å². The van der Waals surface area contributed by atoms with Crippen LogP contribution in [-0.4, -0.2) is 44.0 Å². The fourth-order valence-electron chi connectivity index (χ4n) is 4.27. The molecule has 0 aromatic heterocycles. The summed E-state index contributed by atoms with van der Waals surface area (Å²) in [5, 5.41) is 0. The molecule has 0 saturated carbocycles. The molecule has 0 aliphatic carbocycles. The molecular formula is C24H26N2O4. The molecule has 1 saturated heterocycles. The summed E-state index contributed by atoms with van der Waals surface area (Å²) < 4.78 is 10.7. The summed E-state index contributed by atoms with van der Waals surface area (Å²) in [6.07, 6.45) is 2.14. The van der Waals surface area contributed by atoms with Crippen LogP contribution >= 0.6 is 0 Å². The van der Waals surface area contributed by atoms with Gasteiger partial charge in [0.2, 0.25) is 0 Å². The Kier molecular flexibility index (Phi) is 5.48. The van der Waals surface area contributed by atoms with Gasteiger partial charge in [-0.3, -0.25) is 9.59 Å². The average Bonchev–Trinajstić information content (AvgIpc) is 3.03. The van der Waals surface area contributed by atoms with E-state index in [0.29, 0.717) is 34.4 Å². The number of nitrogens with zero attached hydrogens (tertiary/aromatic N) is 2. The predicted octanol–water partition coefficient (Wildman–Crippen LogP) is 3.72. The second-order valence-electron chi connectivity index (χ2n) is 7.77. The van der Waals surface area contributed by atoms with Crippen LogP contribution in [0.1, 0.15) is 25.3 Å². The van der Waals surface area contributed by atoms with Crippen molar-refractivity contribution >= 4 is 23.1 Å². The highest BCUT2D eigenvalue weighted by Crippen LogP contribution is 2.39. The van der Waals surface area contributed by atoms with Gasteiger partial charge in [0.25, 0.3) is 11.8 Å². The highest BCUT2D eigenvalue weighted by Gasteiger charge is 2.43. The Bertz CT molecular complexity index is 1000. The molecule has 156 valence electrons. The minimum absolute atomic E-state index is 0.292. The third-order valence-corrected chi connectivity index (χ3v) is 5.72. The number of amides is 2. The van der Waals surface area contributed by atoms with E-state index in [9.17, 15) is 9.59 Å². The topological polar surface area (TPSA) is 59.1 Å². The Morgan fingerprint density at radius 1 is 0.933 bits per heavy atom. The lowest BCUT2D eigenvalue weighted by Crippen LogP contribution is -2.39. The summed E-state index contributed by atoms with van der Waals surface area (Å²) >= 11 is 0. The molecule has 2 amide bonds. The van der Waals surface area contributed by atoms with Gasteiger partial charge in [-0.1, -0.05) is 37.3 Å². The third kappa shape index (κ3) is 3.43. The molecule has 4 rings (SSSR count). The standard InChI is InChI=1S/C24H26N2O4/c1-16-8-7-13-25(15-16)22-21(17-9-5-4-6-10-17)23(27)26(24(22)28)18-11-12-19(29-2)20(14-18)30-3/h4-6,9-12,14,16H,7-8,13,15H2,1-3H3. The summed E-state index contributed by atoms with van der Waals surface area (Å²) in [4.78, 5) is 30.5. The number of likely N-dealkylation sites (tertiary alicyclic amines) is 1. The van der Waals surface area contributed by atoms with Crippen LogP contribution < -0.4 is 14.4 Å². The molecule has 1 atom stereocenters. The van der Waals surface area contributed by atoms with Gasteiger partial charge in [0.15, 0.2) is 11.5 Å². The molecule has 0 N–H and O–H groups in total. The smallest absolute Gasteiger partial charge is 0.282 e. The lowest BCUT2D eigenvalue weighted by molar-refractivity contribution is -0.120. The maximum absolute atomic E-state index is 13.6. The number of anilines is 1. The second kappa shape index (κ2) is 8.22. The van der Waals surface area contributed by atoms with Gasteiger partial charge in [-0.05, 0) is 36.5 Å². The lowest BCUT2D eigenvalue weighted by atomic mass is 9.98. The van der Waals surface area contributed by atoms with Crippen LogP contribution in [0.5, 0.6) is 11.5 Å². The summed E-state index contributed by atoms with van der Waals surface area (Å²) in [5.41, 5.74) is 2.18. The summed E-state index contributed by atoms with van der Waals surface area (Å²) in [6, 6.07) is 14.5. The van der Waals surface area contributed by atoms with Crippen LogP contribution in [0.25, 0.3) is 5.57 Å². The molecule has 0 bridgehead atoms. The molecule has 0 spiro atoms. The molecule has 1 fully saturated rings. The SMILES string of the molecule is COc1ccc(N2C(=O)C(c3ccccc3)=C(N3CCCC(C)C3)C2=O)cc1OC. The van der Waals surface area contributed by atoms with Crippen molar-refractivity contribution in [2.75, 3.05) is 32.2 Å². The molecule has 2 aliphatic rings. The van der Waals surface area contributed by atoms with Crippen molar-refractivity contribution in [3.8, 4) is 11.5 Å². The number of rotatable bonds is 5. The van der Waals surface area contributed by atoms with Crippen molar-refractivity contribution in [2.45, 2.75) is 19.8 Å². The van der Waals surface area contributed by atoms with Gasteiger partial charge in [0.1, 0.15) is 5.70 Å². The molecule has 6 heteroatoms. The zero-order chi connectivity index (χ0) is 21.3. The van der Waals surface area contributed by atoms with Gasteiger partial charge in [0, 0.05) is 19.2 Å². The van der Waals surface area contributed by atoms with E-state index in [1.54, 1.807) is 25.3 Å². The number of imide groups is 1. The van der Waals surface area contributed by atoms with Crippen LogP contribution in [-0.2, 0) is 9.59 Å². The van der Waals surface area contributed by atoms with E-state index in [2.05, 4.69) is 11.8 Å². The Morgan fingerprint density at radius 2 is 1.67 bits per heavy atom. The first kappa shape index (κ1) is 20.0. The fourth-order valence-corrected chi connectivity index (χ4v) is 4.27. The maximum atomic E-state index is 13.6. The zero-order valence-electron chi connectivity index (χ0n) is 17.6. The van der Waals surface area contributed by atoms with Crippen molar-refractivity contribution in [3.63, 3.8) is 0 Å². The highest BCUT2D eigenvalue weighted by molar-refractivity contribution is 6.45. The minimum Gasteiger partial charge on any atom is -0.493 e. The van der Waals surface area contributed by atoms with E-state index < -0.39 is 0 Å². The molecule has 1 unspecified atom stereocenters. The molecule has 2 aromatic rings. The average molecular weight is 406 g/mol. The summed E-state index contributed by atoms with van der Waals surface area (Å²) in [6.45, 7) is 3.72. The molecule has 0 radical (unpaired) electrons. The second-order valence-corrected chi connectivity index (χ2v) is 7.77. The lowest BCUT2D eigenvalue weighted by Gasteiger charge is -2.33. The van der Waals surface area contributed by atoms with Crippen molar-refractivity contribution < 1.29 is 19.1 Å². The summed E-state index contributed by atoms with van der Waals surface area (Å²) in [7, 11) is 3.08. The van der Waals surface area contributed by atoms with E-state index in [1.165, 1.54) is 12.0 Å². The molecule has 2 aromatic carbocycles. The third-order valence-electron chi connectivity index (χ3n) is 5.72. The number of carbonyl (C=O) groups is 2. The van der Waals surface area contributed by atoms with Crippen LogP contribution in [0.2, 0.25) is 0 Å². The summed E-state index contributed by atoms with van der Waals surface area (Å²) in [5.74, 6) is 0.881. The Hall–Kier alpha value is -3.28. The highest BCUT2D eigenvalue weighted by atomic mass is 16.5. The van der Waals surface area contributed by atoms with E-state index in [-0.39, 0.29) is 11.8 Å². The Balaban J connectivity index is 1.80. The van der Waals surface area contributed by atoms with Crippen molar-refractivity contribution in [1.29, 1.82) is 0 Å². The number of hydrogen-bond acceptors (Lipinski definition) is 5. The monoisotopic (exact) mass is 406 g/mol. The number of benzene rings is 2. The van der Waals surface area contributed by atoms with Gasteiger partial charge < -0.3 is 14.4 Å². The molecule has 30 heavy (non-hydrogen) atoms. The van der Waals surface area contributed by atoms with Crippen LogP contribution in [0, 0.1) is 5.92 Å².